The van der Waals surface area contributed by atoms with E-state index in [9.17, 15) is 35.6 Å². The zero-order valence-electron chi connectivity index (χ0n) is 26.0. The van der Waals surface area contributed by atoms with Gasteiger partial charge in [0, 0.05) is 43.8 Å². The fraction of sp³-hybridized carbons (Fsp3) is 0.533. The second-order valence-electron chi connectivity index (χ2n) is 13.0. The number of morpholine rings is 1. The second-order valence-corrected chi connectivity index (χ2v) is 15.7. The summed E-state index contributed by atoms with van der Waals surface area (Å²) < 4.78 is 106. The first-order chi connectivity index (χ1) is 21.8. The van der Waals surface area contributed by atoms with Gasteiger partial charge in [0.2, 0.25) is 11.8 Å². The van der Waals surface area contributed by atoms with Crippen molar-refractivity contribution < 1.29 is 44.7 Å². The van der Waals surface area contributed by atoms with Gasteiger partial charge in [-0.15, -0.1) is 12.4 Å². The summed E-state index contributed by atoms with van der Waals surface area (Å²) in [5, 5.41) is 4.21. The lowest BCUT2D eigenvalue weighted by Crippen LogP contribution is -2.56. The van der Waals surface area contributed by atoms with Gasteiger partial charge in [0.1, 0.15) is 23.1 Å². The zero-order valence-corrected chi connectivity index (χ0v) is 29.1. The Morgan fingerprint density at radius 2 is 1.69 bits per heavy atom. The Balaban J connectivity index is 0.00000520. The van der Waals surface area contributed by atoms with Crippen molar-refractivity contribution in [2.45, 2.75) is 56.1 Å². The van der Waals surface area contributed by atoms with Gasteiger partial charge in [0.05, 0.1) is 23.3 Å². The van der Waals surface area contributed by atoms with E-state index in [4.69, 9.17) is 27.9 Å². The van der Waals surface area contributed by atoms with Gasteiger partial charge in [-0.2, -0.15) is 17.5 Å². The Morgan fingerprint density at radius 1 is 1.06 bits per heavy atom. The van der Waals surface area contributed by atoms with Crippen molar-refractivity contribution in [1.29, 1.82) is 0 Å². The van der Waals surface area contributed by atoms with Crippen LogP contribution in [0.2, 0.25) is 10.0 Å². The number of rotatable bonds is 7. The van der Waals surface area contributed by atoms with E-state index in [0.29, 0.717) is 26.3 Å². The molecule has 0 aliphatic carbocycles. The lowest BCUT2D eigenvalue weighted by atomic mass is 9.62. The number of sulfonamides is 1. The molecule has 2 N–H and O–H groups in total. The average Bonchev–Trinajstić information content (AvgIpc) is 3.41. The normalized spacial score (nSPS) is 25.1. The number of ether oxygens (including phenoxy) is 1. The third-order valence-corrected chi connectivity index (χ3v) is 11.0. The predicted molar refractivity (Wildman–Crippen MR) is 172 cm³/mol. The molecule has 48 heavy (non-hydrogen) atoms. The quantitative estimate of drug-likeness (QED) is 0.364. The second kappa shape index (κ2) is 13.8. The van der Waals surface area contributed by atoms with E-state index in [-0.39, 0.29) is 53.0 Å². The number of nitrogens with one attached hydrogen (secondary N) is 2. The average molecular weight is 764 g/mol. The molecule has 2 amide bonds. The maximum Gasteiger partial charge on any atom is 0.511 e. The molecule has 0 bridgehead atoms. The van der Waals surface area contributed by atoms with Crippen LogP contribution in [0.1, 0.15) is 44.2 Å². The summed E-state index contributed by atoms with van der Waals surface area (Å²) in [4.78, 5) is 30.6. The fourth-order valence-corrected chi connectivity index (χ4v) is 8.61. The smallest absolute Gasteiger partial charge is 0.379 e. The first-order valence-electron chi connectivity index (χ1n) is 14.7. The van der Waals surface area contributed by atoms with Crippen LogP contribution in [-0.4, -0.2) is 86.4 Å². The first-order valence-corrected chi connectivity index (χ1v) is 16.9. The van der Waals surface area contributed by atoms with Crippen molar-refractivity contribution in [2.75, 3.05) is 44.7 Å². The van der Waals surface area contributed by atoms with Gasteiger partial charge in [0.15, 0.2) is 0 Å². The van der Waals surface area contributed by atoms with Gasteiger partial charge in [-0.05, 0) is 47.2 Å². The van der Waals surface area contributed by atoms with E-state index < -0.39 is 77.9 Å². The van der Waals surface area contributed by atoms with Crippen molar-refractivity contribution >= 4 is 63.1 Å². The number of carbonyl (C=O) groups excluding carboxylic acids is 2. The largest absolute Gasteiger partial charge is 0.511 e. The molecule has 5 rings (SSSR count). The molecule has 3 heterocycles. The highest BCUT2D eigenvalue weighted by molar-refractivity contribution is 7.90. The van der Waals surface area contributed by atoms with Crippen LogP contribution < -0.4 is 10.6 Å². The monoisotopic (exact) mass is 762 g/mol. The summed E-state index contributed by atoms with van der Waals surface area (Å²) in [6.07, 6.45) is -0.387. The molecule has 1 spiro atoms. The molecule has 3 aliphatic heterocycles. The molecule has 266 valence electrons. The van der Waals surface area contributed by atoms with E-state index >= 15 is 4.39 Å². The van der Waals surface area contributed by atoms with Crippen molar-refractivity contribution in [3.05, 3.63) is 63.1 Å². The fourth-order valence-electron chi connectivity index (χ4n) is 6.93. The molecule has 4 atom stereocenters. The number of hydrogen-bond acceptors (Lipinski definition) is 6. The van der Waals surface area contributed by atoms with E-state index in [1.54, 1.807) is 20.8 Å². The van der Waals surface area contributed by atoms with E-state index in [1.165, 1.54) is 0 Å². The van der Waals surface area contributed by atoms with Crippen LogP contribution in [0.3, 0.4) is 0 Å². The molecule has 2 fully saturated rings. The number of nitrogens with zero attached hydrogens (tertiary/aromatic N) is 2. The molecule has 3 aliphatic rings. The molecule has 0 aromatic heterocycles. The van der Waals surface area contributed by atoms with Gasteiger partial charge in [0.25, 0.3) is 0 Å². The van der Waals surface area contributed by atoms with Crippen molar-refractivity contribution in [2.24, 2.45) is 5.41 Å². The number of anilines is 1. The van der Waals surface area contributed by atoms with Gasteiger partial charge < -0.3 is 15.4 Å². The minimum atomic E-state index is -6.37. The van der Waals surface area contributed by atoms with Crippen LogP contribution in [0.15, 0.2) is 30.3 Å². The Labute approximate surface area is 290 Å². The molecule has 2 aromatic carbocycles. The number of amides is 2. The number of hydrogen-bond donors (Lipinski definition) is 2. The number of alkyl halides is 3. The third-order valence-electron chi connectivity index (χ3n) is 8.82. The number of carbonyl (C=O) groups is 2. The summed E-state index contributed by atoms with van der Waals surface area (Å²) in [5.74, 6) is -5.80. The minimum Gasteiger partial charge on any atom is -0.379 e. The molecule has 2 saturated heterocycles. The van der Waals surface area contributed by atoms with Crippen LogP contribution in [0.5, 0.6) is 0 Å². The standard InChI is InChI=1S/C30H33Cl2F5N4O5S.ClH/c1-28(2,3)15-23-29(17-13-21(34)19(32)14-22(17)39-27(29)43)24(16-4-5-20(33)18(31)12-16)25(41(23)47(44,45)30(35,36)37)26(42)38-6-7-40-8-10-46-11-9-40;/h4-5,12-14,23-25H,6-11,15H2,1-3H3,(H,38,42)(H,39,43);1H/t23-,24+,25-,29+;/m1./s1. The summed E-state index contributed by atoms with van der Waals surface area (Å²) >= 11 is 12.1. The number of fused-ring (bicyclic) bond motifs is 2. The lowest BCUT2D eigenvalue weighted by Gasteiger charge is -2.39. The summed E-state index contributed by atoms with van der Waals surface area (Å²) in [6, 6.07) is 0.884. The first kappa shape index (κ1) is 38.5. The van der Waals surface area contributed by atoms with Crippen LogP contribution >= 0.6 is 35.6 Å². The molecule has 0 saturated carbocycles. The summed E-state index contributed by atoms with van der Waals surface area (Å²) in [6.45, 7) is 6.99. The highest BCUT2D eigenvalue weighted by Gasteiger charge is 2.73. The van der Waals surface area contributed by atoms with Crippen LogP contribution in [0.25, 0.3) is 0 Å². The van der Waals surface area contributed by atoms with Gasteiger partial charge in [-0.3, -0.25) is 14.5 Å². The molecule has 2 aromatic rings. The highest BCUT2D eigenvalue weighted by Crippen LogP contribution is 2.61. The topological polar surface area (TPSA) is 108 Å². The summed E-state index contributed by atoms with van der Waals surface area (Å²) in [7, 11) is -6.37. The molecule has 9 nitrogen and oxygen atoms in total. The minimum absolute atomic E-state index is 0. The van der Waals surface area contributed by atoms with E-state index in [0.717, 1.165) is 30.3 Å². The number of halogens is 8. The Morgan fingerprint density at radius 3 is 2.27 bits per heavy atom. The van der Waals surface area contributed by atoms with Crippen molar-refractivity contribution in [3.8, 4) is 0 Å². The number of benzene rings is 2. The maximum absolute atomic E-state index is 15.2. The molecule has 0 radical (unpaired) electrons. The summed E-state index contributed by atoms with van der Waals surface area (Å²) in [5.41, 5.74) is -9.57. The zero-order chi connectivity index (χ0) is 34.7. The Hall–Kier alpha value is -2.27. The van der Waals surface area contributed by atoms with Crippen LogP contribution in [-0.2, 0) is 29.8 Å². The molecular formula is C30H34Cl3F5N4O5S. The predicted octanol–water partition coefficient (Wildman–Crippen LogP) is 5.45. The van der Waals surface area contributed by atoms with Gasteiger partial charge >= 0.3 is 15.5 Å². The van der Waals surface area contributed by atoms with Gasteiger partial charge in [-0.25, -0.2) is 17.2 Å². The molecule has 18 heteroatoms. The Bertz CT molecular complexity index is 1690. The lowest BCUT2D eigenvalue weighted by molar-refractivity contribution is -0.125. The van der Waals surface area contributed by atoms with Crippen LogP contribution in [0, 0.1) is 17.0 Å². The SMILES string of the molecule is CC(C)(C)C[C@H]1N(S(=O)(=O)C(F)(F)F)[C@@H](C(=O)NCCN2CCOCC2)[C@H](c2ccc(F)c(Cl)c2)[C@@]12C(=O)Nc1cc(Cl)c(F)cc12.Cl. The molecule has 0 unspecified atom stereocenters. The third kappa shape index (κ3) is 6.75. The van der Waals surface area contributed by atoms with Crippen molar-refractivity contribution in [3.63, 3.8) is 0 Å². The van der Waals surface area contributed by atoms with Crippen molar-refractivity contribution in [1.82, 2.24) is 14.5 Å². The van der Waals surface area contributed by atoms with Crippen LogP contribution in [0.4, 0.5) is 27.6 Å². The van der Waals surface area contributed by atoms with E-state index in [1.807, 2.05) is 4.90 Å². The van der Waals surface area contributed by atoms with E-state index in [2.05, 4.69) is 10.6 Å². The van der Waals surface area contributed by atoms with Gasteiger partial charge in [-0.1, -0.05) is 50.0 Å². The Kier molecular flexibility index (Phi) is 11.1. The molecular weight excluding hydrogens is 730 g/mol. The maximum atomic E-state index is 15.2. The highest BCUT2D eigenvalue weighted by atomic mass is 35.5.